The lowest BCUT2D eigenvalue weighted by atomic mass is 9.78. The first-order valence-electron chi connectivity index (χ1n) is 7.11. The van der Waals surface area contributed by atoms with Gasteiger partial charge in [-0.1, -0.05) is 6.07 Å². The number of benzene rings is 1. The molecule has 2 heterocycles. The van der Waals surface area contributed by atoms with E-state index >= 15 is 0 Å². The van der Waals surface area contributed by atoms with Crippen LogP contribution in [0.1, 0.15) is 38.7 Å². The number of aliphatic hydroxyl groups is 1. The lowest BCUT2D eigenvalue weighted by Gasteiger charge is -2.45. The van der Waals surface area contributed by atoms with Gasteiger partial charge in [0, 0.05) is 24.0 Å². The molecule has 0 spiro atoms. The lowest BCUT2D eigenvalue weighted by molar-refractivity contribution is -0.127. The van der Waals surface area contributed by atoms with Crippen molar-refractivity contribution < 1.29 is 19.4 Å². The Bertz CT molecular complexity index is 633. The van der Waals surface area contributed by atoms with E-state index in [1.807, 2.05) is 32.0 Å². The van der Waals surface area contributed by atoms with Crippen molar-refractivity contribution in [3.8, 4) is 11.5 Å². The topological polar surface area (TPSA) is 67.8 Å². The molecule has 2 N–H and O–H groups in total. The zero-order chi connectivity index (χ0) is 15.2. The van der Waals surface area contributed by atoms with Crippen molar-refractivity contribution >= 4 is 5.91 Å². The lowest BCUT2D eigenvalue weighted by Crippen LogP contribution is -2.58. The highest BCUT2D eigenvalue weighted by Gasteiger charge is 2.47. The highest BCUT2D eigenvalue weighted by atomic mass is 16.5. The fourth-order valence-electron chi connectivity index (χ4n) is 3.15. The predicted molar refractivity (Wildman–Crippen MR) is 77.5 cm³/mol. The fraction of sp³-hybridized carbons (Fsp3) is 0.438. The highest BCUT2D eigenvalue weighted by molar-refractivity contribution is 5.97. The van der Waals surface area contributed by atoms with Gasteiger partial charge in [0.25, 0.3) is 5.91 Å². The number of amides is 1. The Morgan fingerprint density at radius 3 is 3.00 bits per heavy atom. The molecular weight excluding hydrogens is 270 g/mol. The van der Waals surface area contributed by atoms with E-state index in [2.05, 4.69) is 5.32 Å². The molecule has 2 aliphatic heterocycles. The average Bonchev–Trinajstić information content (AvgIpc) is 2.36. The highest BCUT2D eigenvalue weighted by Crippen LogP contribution is 2.47. The maximum atomic E-state index is 12.2. The van der Waals surface area contributed by atoms with Crippen LogP contribution in [0, 0.1) is 0 Å². The minimum Gasteiger partial charge on any atom is -0.512 e. The molecule has 2 bridgehead atoms. The molecule has 2 unspecified atom stereocenters. The summed E-state index contributed by atoms with van der Waals surface area (Å²) in [6, 6.07) is 5.61. The molecule has 1 fully saturated rings. The van der Waals surface area contributed by atoms with Crippen LogP contribution in [0.15, 0.2) is 29.5 Å². The zero-order valence-electron chi connectivity index (χ0n) is 12.4. The van der Waals surface area contributed by atoms with Crippen LogP contribution in [0.5, 0.6) is 11.5 Å². The van der Waals surface area contributed by atoms with E-state index < -0.39 is 5.72 Å². The standard InChI is InChI=1S/C16H19NO4/c1-4-20-10-5-6-11-12-8-16(3,21-13(11)7-10)17-15(19)14(12)9(2)18/h5-7,12,18H,4,8H2,1-3H3,(H,17,19). The average molecular weight is 289 g/mol. The molecule has 1 saturated heterocycles. The summed E-state index contributed by atoms with van der Waals surface area (Å²) in [5.41, 5.74) is 0.578. The Morgan fingerprint density at radius 1 is 1.57 bits per heavy atom. The molecular formula is C16H19NO4. The molecule has 112 valence electrons. The third-order valence-electron chi connectivity index (χ3n) is 3.96. The Hall–Kier alpha value is -2.17. The van der Waals surface area contributed by atoms with Gasteiger partial charge >= 0.3 is 0 Å². The van der Waals surface area contributed by atoms with Gasteiger partial charge in [0.1, 0.15) is 11.5 Å². The van der Waals surface area contributed by atoms with Gasteiger partial charge < -0.3 is 19.9 Å². The van der Waals surface area contributed by atoms with Crippen molar-refractivity contribution in [1.29, 1.82) is 0 Å². The van der Waals surface area contributed by atoms with E-state index in [1.165, 1.54) is 0 Å². The number of ether oxygens (including phenoxy) is 2. The molecule has 5 heteroatoms. The Balaban J connectivity index is 2.11. The number of hydrogen-bond donors (Lipinski definition) is 2. The minimum atomic E-state index is -0.751. The number of fused-ring (bicyclic) bond motifs is 4. The summed E-state index contributed by atoms with van der Waals surface area (Å²) in [7, 11) is 0. The van der Waals surface area contributed by atoms with Crippen molar-refractivity contribution in [2.45, 2.75) is 38.8 Å². The molecule has 3 rings (SSSR count). The van der Waals surface area contributed by atoms with Gasteiger partial charge in [-0.2, -0.15) is 0 Å². The van der Waals surface area contributed by atoms with E-state index in [0.717, 1.165) is 11.3 Å². The number of piperidine rings is 1. The second-order valence-corrected chi connectivity index (χ2v) is 5.68. The quantitative estimate of drug-likeness (QED) is 0.649. The van der Waals surface area contributed by atoms with Crippen LogP contribution in [0.3, 0.4) is 0 Å². The second-order valence-electron chi connectivity index (χ2n) is 5.68. The number of carbonyl (C=O) groups is 1. The first-order valence-corrected chi connectivity index (χ1v) is 7.11. The van der Waals surface area contributed by atoms with E-state index in [-0.39, 0.29) is 17.6 Å². The van der Waals surface area contributed by atoms with Crippen molar-refractivity contribution in [1.82, 2.24) is 5.32 Å². The van der Waals surface area contributed by atoms with Gasteiger partial charge in [0.2, 0.25) is 0 Å². The Morgan fingerprint density at radius 2 is 2.33 bits per heavy atom. The Kier molecular flexibility index (Phi) is 3.08. The maximum absolute atomic E-state index is 12.2. The summed E-state index contributed by atoms with van der Waals surface area (Å²) < 4.78 is 11.5. The van der Waals surface area contributed by atoms with Crippen LogP contribution >= 0.6 is 0 Å². The fourth-order valence-corrected chi connectivity index (χ4v) is 3.15. The molecule has 2 atom stereocenters. The number of allylic oxidation sites excluding steroid dienone is 1. The van der Waals surface area contributed by atoms with Crippen molar-refractivity contribution in [3.05, 3.63) is 35.1 Å². The summed E-state index contributed by atoms with van der Waals surface area (Å²) in [4.78, 5) is 12.2. The van der Waals surface area contributed by atoms with Gasteiger partial charge in [0.15, 0.2) is 5.72 Å². The maximum Gasteiger partial charge on any atom is 0.254 e. The molecule has 0 saturated carbocycles. The molecule has 5 nitrogen and oxygen atoms in total. The van der Waals surface area contributed by atoms with Crippen LogP contribution < -0.4 is 14.8 Å². The molecule has 1 aromatic carbocycles. The first-order chi connectivity index (χ1) is 9.93. The van der Waals surface area contributed by atoms with Gasteiger partial charge in [-0.25, -0.2) is 0 Å². The van der Waals surface area contributed by atoms with Crippen molar-refractivity contribution in [2.24, 2.45) is 0 Å². The van der Waals surface area contributed by atoms with E-state index in [9.17, 15) is 9.90 Å². The molecule has 1 aromatic rings. The van der Waals surface area contributed by atoms with E-state index in [1.54, 1.807) is 6.92 Å². The number of nitrogens with one attached hydrogen (secondary N) is 1. The number of hydrogen-bond acceptors (Lipinski definition) is 4. The van der Waals surface area contributed by atoms with E-state index in [0.29, 0.717) is 24.4 Å². The van der Waals surface area contributed by atoms with Crippen molar-refractivity contribution in [3.63, 3.8) is 0 Å². The third kappa shape index (κ3) is 2.22. The Labute approximate surface area is 123 Å². The van der Waals surface area contributed by atoms with Gasteiger partial charge in [0.05, 0.1) is 17.9 Å². The van der Waals surface area contributed by atoms with Crippen LogP contribution in [0.25, 0.3) is 0 Å². The largest absolute Gasteiger partial charge is 0.512 e. The van der Waals surface area contributed by atoms with Crippen molar-refractivity contribution in [2.75, 3.05) is 6.61 Å². The number of aliphatic hydroxyl groups excluding tert-OH is 1. The minimum absolute atomic E-state index is 0.0567. The van der Waals surface area contributed by atoms with Gasteiger partial charge in [-0.05, 0) is 26.8 Å². The SMILES string of the molecule is CCOc1ccc2c(c1)OC1(C)CC2C(=C(C)O)C(=O)N1. The summed E-state index contributed by atoms with van der Waals surface area (Å²) in [5.74, 6) is 1.05. The summed E-state index contributed by atoms with van der Waals surface area (Å²) in [5, 5.41) is 12.7. The van der Waals surface area contributed by atoms with E-state index in [4.69, 9.17) is 9.47 Å². The summed E-state index contributed by atoms with van der Waals surface area (Å²) in [6.07, 6.45) is 0.604. The smallest absolute Gasteiger partial charge is 0.254 e. The first kappa shape index (κ1) is 13.8. The number of carbonyl (C=O) groups excluding carboxylic acids is 1. The van der Waals surface area contributed by atoms with Crippen LogP contribution in [0.4, 0.5) is 0 Å². The predicted octanol–water partition coefficient (Wildman–Crippen LogP) is 2.63. The molecule has 0 aliphatic carbocycles. The third-order valence-corrected chi connectivity index (χ3v) is 3.96. The molecule has 1 amide bonds. The van der Waals surface area contributed by atoms with Gasteiger partial charge in [-0.15, -0.1) is 0 Å². The molecule has 21 heavy (non-hydrogen) atoms. The van der Waals surface area contributed by atoms with Crippen LogP contribution in [-0.2, 0) is 4.79 Å². The second kappa shape index (κ2) is 4.69. The molecule has 0 radical (unpaired) electrons. The van der Waals surface area contributed by atoms with Crippen LogP contribution in [0.2, 0.25) is 0 Å². The van der Waals surface area contributed by atoms with Gasteiger partial charge in [-0.3, -0.25) is 4.79 Å². The molecule has 0 aromatic heterocycles. The van der Waals surface area contributed by atoms with Crippen LogP contribution in [-0.4, -0.2) is 23.3 Å². The number of rotatable bonds is 2. The summed E-state index contributed by atoms with van der Waals surface area (Å²) in [6.45, 7) is 5.89. The molecule has 2 aliphatic rings. The normalized spacial score (nSPS) is 29.1. The monoisotopic (exact) mass is 289 g/mol. The zero-order valence-corrected chi connectivity index (χ0v) is 12.4. The summed E-state index contributed by atoms with van der Waals surface area (Å²) >= 11 is 0.